The van der Waals surface area contributed by atoms with Gasteiger partial charge in [-0.25, -0.2) is 0 Å². The van der Waals surface area contributed by atoms with E-state index in [4.69, 9.17) is 17.2 Å². The maximum Gasteiger partial charge on any atom is 0.245 e. The Morgan fingerprint density at radius 1 is 0.528 bits per heavy atom. The Morgan fingerprint density at radius 2 is 0.931 bits per heavy atom. The van der Waals surface area contributed by atoms with Gasteiger partial charge in [0.15, 0.2) is 0 Å². The highest BCUT2D eigenvalue weighted by Crippen LogP contribution is 2.13. The van der Waals surface area contributed by atoms with Crippen LogP contribution in [-0.4, -0.2) is 155 Å². The van der Waals surface area contributed by atoms with Gasteiger partial charge in [0.2, 0.25) is 70.9 Å². The lowest BCUT2D eigenvalue weighted by Crippen LogP contribution is -2.60. The average Bonchev–Trinajstić information content (AvgIpc) is 3.31. The second kappa shape index (κ2) is 32.5. The zero-order valence-electron chi connectivity index (χ0n) is 40.3. The Hall–Kier alpha value is -7.42. The van der Waals surface area contributed by atoms with E-state index in [1.165, 1.54) is 37.1 Å². The Morgan fingerprint density at radius 3 is 1.44 bits per heavy atom. The molecule has 27 nitrogen and oxygen atoms in total. The fraction of sp³-hybridized carbons (Fsp3) is 0.600. The van der Waals surface area contributed by atoms with Crippen LogP contribution in [0.2, 0.25) is 0 Å². The van der Waals surface area contributed by atoms with E-state index >= 15 is 0 Å². The molecule has 1 saturated heterocycles. The first-order valence-corrected chi connectivity index (χ1v) is 23.7. The molecule has 0 aliphatic carbocycles. The molecule has 0 unspecified atom stereocenters. The summed E-state index contributed by atoms with van der Waals surface area (Å²) >= 11 is 0. The number of carbonyl (C=O) groups is 12. The number of aliphatic hydroxyl groups is 2. The summed E-state index contributed by atoms with van der Waals surface area (Å²) in [5.41, 5.74) is 16.3. The minimum Gasteiger partial charge on any atom is -0.508 e. The maximum absolute atomic E-state index is 13.9. The largest absolute Gasteiger partial charge is 0.508 e. The molecule has 1 fully saturated rings. The van der Waals surface area contributed by atoms with E-state index in [0.717, 1.165) is 44.9 Å². The van der Waals surface area contributed by atoms with Gasteiger partial charge in [0.1, 0.15) is 48.0 Å². The van der Waals surface area contributed by atoms with Crippen molar-refractivity contribution in [1.82, 2.24) is 47.9 Å². The van der Waals surface area contributed by atoms with Gasteiger partial charge in [0.05, 0.1) is 45.4 Å². The van der Waals surface area contributed by atoms with E-state index < -0.39 is 159 Å². The molecule has 0 bridgehead atoms. The number of aromatic hydroxyl groups is 1. The van der Waals surface area contributed by atoms with Crippen molar-refractivity contribution in [2.45, 2.75) is 146 Å². The summed E-state index contributed by atoms with van der Waals surface area (Å²) in [5, 5.41) is 50.3. The lowest BCUT2D eigenvalue weighted by molar-refractivity contribution is -0.137. The Labute approximate surface area is 415 Å². The number of amides is 12. The van der Waals surface area contributed by atoms with Crippen LogP contribution < -0.4 is 65.1 Å². The third-order valence-corrected chi connectivity index (χ3v) is 11.1. The molecule has 18 N–H and O–H groups in total. The quantitative estimate of drug-likeness (QED) is 0.0482. The molecule has 2 rings (SSSR count). The number of rotatable bonds is 22. The van der Waals surface area contributed by atoms with Gasteiger partial charge in [-0.05, 0) is 24.1 Å². The average molecular weight is 1020 g/mol. The fourth-order valence-electron chi connectivity index (χ4n) is 7.19. The van der Waals surface area contributed by atoms with Gasteiger partial charge >= 0.3 is 0 Å². The lowest BCUT2D eigenvalue weighted by atomic mass is 10.0. The van der Waals surface area contributed by atoms with Crippen molar-refractivity contribution in [2.75, 3.05) is 26.3 Å². The number of hydrogen-bond acceptors (Lipinski definition) is 15. The van der Waals surface area contributed by atoms with Crippen LogP contribution in [0.3, 0.4) is 0 Å². The summed E-state index contributed by atoms with van der Waals surface area (Å²) < 4.78 is 0. The zero-order valence-corrected chi connectivity index (χ0v) is 40.3. The van der Waals surface area contributed by atoms with Crippen molar-refractivity contribution in [3.8, 4) is 5.75 Å². The monoisotopic (exact) mass is 1020 g/mol. The Balaban J connectivity index is 2.58. The van der Waals surface area contributed by atoms with E-state index in [1.807, 2.05) is 0 Å². The third-order valence-electron chi connectivity index (χ3n) is 11.1. The predicted octanol–water partition coefficient (Wildman–Crippen LogP) is -5.50. The van der Waals surface area contributed by atoms with Crippen LogP contribution in [0.5, 0.6) is 5.75 Å². The van der Waals surface area contributed by atoms with Gasteiger partial charge in [0, 0.05) is 13.0 Å². The molecule has 7 atom stereocenters. The molecule has 0 aromatic heterocycles. The van der Waals surface area contributed by atoms with E-state index in [1.54, 1.807) is 0 Å². The minimum absolute atomic E-state index is 0.0912. The molecule has 12 amide bonds. The molecular formula is C45H70N12O15. The number of benzene rings is 1. The summed E-state index contributed by atoms with van der Waals surface area (Å²) in [6.07, 6.45) is 5.91. The number of primary amides is 3. The van der Waals surface area contributed by atoms with Gasteiger partial charge in [0.25, 0.3) is 0 Å². The highest BCUT2D eigenvalue weighted by atomic mass is 16.3. The molecule has 1 aromatic carbocycles. The normalized spacial score (nSPS) is 22.4. The van der Waals surface area contributed by atoms with E-state index in [2.05, 4.69) is 54.8 Å². The molecule has 1 heterocycles. The highest BCUT2D eigenvalue weighted by Gasteiger charge is 2.35. The SMILES string of the molecule is CCCCCCCCCCCCNC(=O)[C@@H]1CC(=O)N[C@@H](CO)C(=O)N[C@@H](Cc2ccc(O)cc2)C(=O)N[C@@H](CC(N)=O)C(=O)NCC(=O)N[C@@H](CC(N)=O)C(=O)N[C@@H](CO)C(=O)N[C@@H](CC(N)=O)C(=O)N1. The number of nitrogens with two attached hydrogens (primary N) is 3. The van der Waals surface area contributed by atoms with Crippen LogP contribution in [0.15, 0.2) is 24.3 Å². The van der Waals surface area contributed by atoms with Gasteiger partial charge in [-0.3, -0.25) is 57.5 Å². The molecule has 1 aliphatic heterocycles. The van der Waals surface area contributed by atoms with E-state index in [0.29, 0.717) is 12.0 Å². The summed E-state index contributed by atoms with van der Waals surface area (Å²) in [6.45, 7) is -1.03. The fourth-order valence-corrected chi connectivity index (χ4v) is 7.19. The molecule has 0 radical (unpaired) electrons. The standard InChI is InChI=1S/C45H70N12O15/c1-2-3-4-5-6-7-8-9-10-11-16-49-39(66)31-21-37(64)52-32(23-58)44(71)53-27(17-25-12-14-26(60)15-13-25)41(68)54-28(18-34(46)61)40(67)50-22-38(65)51-29(19-35(47)62)42(69)57-33(24-59)45(72)55-30(20-36(48)63)43(70)56-31/h12-15,27-33,58-60H,2-11,16-24H2,1H3,(H2,46,61)(H2,47,62)(H2,48,63)(H,49,66)(H,50,67)(H,51,65)(H,52,64)(H,53,71)(H,54,68)(H,55,72)(H,56,70)(H,57,69)/t27-,28-,29-,30-,31-,32-,33-/m0/s1. The van der Waals surface area contributed by atoms with Gasteiger partial charge in [-0.2, -0.15) is 0 Å². The summed E-state index contributed by atoms with van der Waals surface area (Å²) in [6, 6.07) is -7.58. The second-order valence-electron chi connectivity index (χ2n) is 17.2. The van der Waals surface area contributed by atoms with E-state index in [-0.39, 0.29) is 18.7 Å². The predicted molar refractivity (Wildman–Crippen MR) is 253 cm³/mol. The number of phenolic OH excluding ortho intramolecular Hbond substituents is 1. The molecule has 1 aromatic rings. The van der Waals surface area contributed by atoms with Gasteiger partial charge in [-0.15, -0.1) is 0 Å². The topological polar surface area (TPSA) is 452 Å². The van der Waals surface area contributed by atoms with Crippen LogP contribution >= 0.6 is 0 Å². The molecule has 27 heteroatoms. The molecule has 0 spiro atoms. The second-order valence-corrected chi connectivity index (χ2v) is 17.2. The number of carbonyl (C=O) groups excluding carboxylic acids is 12. The third kappa shape index (κ3) is 23.5. The molecule has 0 saturated carbocycles. The van der Waals surface area contributed by atoms with Crippen LogP contribution in [-0.2, 0) is 64.0 Å². The first-order chi connectivity index (χ1) is 34.2. The number of phenols is 1. The van der Waals surface area contributed by atoms with Crippen molar-refractivity contribution in [1.29, 1.82) is 0 Å². The minimum atomic E-state index is -1.95. The van der Waals surface area contributed by atoms with Crippen molar-refractivity contribution >= 4 is 70.9 Å². The van der Waals surface area contributed by atoms with Crippen LogP contribution in [0, 0.1) is 0 Å². The number of aliphatic hydroxyl groups excluding tert-OH is 2. The molecule has 1 aliphatic rings. The highest BCUT2D eigenvalue weighted by molar-refractivity contribution is 6.00. The van der Waals surface area contributed by atoms with Gasteiger partial charge < -0.3 is 80.4 Å². The first-order valence-electron chi connectivity index (χ1n) is 23.7. The summed E-state index contributed by atoms with van der Waals surface area (Å²) in [7, 11) is 0. The number of nitrogens with one attached hydrogen (secondary N) is 9. The molecule has 72 heavy (non-hydrogen) atoms. The number of hydrogen-bond donors (Lipinski definition) is 15. The van der Waals surface area contributed by atoms with Crippen molar-refractivity contribution in [3.63, 3.8) is 0 Å². The number of unbranched alkanes of at least 4 members (excludes halogenated alkanes) is 9. The van der Waals surface area contributed by atoms with Gasteiger partial charge in [-0.1, -0.05) is 76.8 Å². The smallest absolute Gasteiger partial charge is 0.245 e. The maximum atomic E-state index is 13.9. The first kappa shape index (κ1) is 60.7. The van der Waals surface area contributed by atoms with Crippen molar-refractivity contribution in [2.24, 2.45) is 17.2 Å². The van der Waals surface area contributed by atoms with Crippen molar-refractivity contribution < 1.29 is 72.9 Å². The summed E-state index contributed by atoms with van der Waals surface area (Å²) in [5.74, 6) is -14.2. The molecule has 400 valence electrons. The Bertz CT molecular complexity index is 2060. The van der Waals surface area contributed by atoms with Crippen LogP contribution in [0.25, 0.3) is 0 Å². The lowest BCUT2D eigenvalue weighted by Gasteiger charge is -2.26. The zero-order chi connectivity index (χ0) is 53.8. The Kier molecular flexibility index (Phi) is 27.4. The van der Waals surface area contributed by atoms with Crippen LogP contribution in [0.4, 0.5) is 0 Å². The molecular weight excluding hydrogens is 949 g/mol. The summed E-state index contributed by atoms with van der Waals surface area (Å²) in [4.78, 5) is 158. The van der Waals surface area contributed by atoms with Crippen LogP contribution in [0.1, 0.15) is 102 Å². The van der Waals surface area contributed by atoms with Crippen molar-refractivity contribution in [3.05, 3.63) is 29.8 Å². The van der Waals surface area contributed by atoms with E-state index in [9.17, 15) is 72.9 Å².